The van der Waals surface area contributed by atoms with Gasteiger partial charge < -0.3 is 9.74 Å². The Bertz CT molecular complexity index is 449. The second kappa shape index (κ2) is 6.04. The number of Topliss-reactive ketones (excluding diaryl/α,β-unsaturated/α-hetero) is 1. The maximum absolute atomic E-state index is 12.2. The number of nitrogens with zero attached hydrogens (tertiary/aromatic N) is 3. The molecule has 0 unspecified atom stereocenters. The number of rotatable bonds is 6. The summed E-state index contributed by atoms with van der Waals surface area (Å²) in [4.78, 5) is 35.2. The molecule has 0 saturated carbocycles. The van der Waals surface area contributed by atoms with E-state index in [4.69, 9.17) is 9.68 Å². The van der Waals surface area contributed by atoms with E-state index in [1.807, 2.05) is 6.92 Å². The number of carbonyl (C=O) groups is 2. The lowest BCUT2D eigenvalue weighted by Gasteiger charge is -2.28. The van der Waals surface area contributed by atoms with Gasteiger partial charge >= 0.3 is 6.03 Å². The van der Waals surface area contributed by atoms with Gasteiger partial charge in [0.25, 0.3) is 0 Å². The fourth-order valence-corrected chi connectivity index (χ4v) is 2.34. The van der Waals surface area contributed by atoms with E-state index < -0.39 is 0 Å². The quantitative estimate of drug-likeness (QED) is 0.537. The van der Waals surface area contributed by atoms with Gasteiger partial charge in [0, 0.05) is 12.5 Å². The van der Waals surface area contributed by atoms with Crippen LogP contribution in [0.25, 0.3) is 0 Å². The first kappa shape index (κ1) is 14.5. The number of carbonyl (C=O) groups excluding carboxylic acids is 2. The van der Waals surface area contributed by atoms with E-state index in [1.54, 1.807) is 11.0 Å². The summed E-state index contributed by atoms with van der Waals surface area (Å²) in [5.41, 5.74) is 0.727. The van der Waals surface area contributed by atoms with E-state index in [0.29, 0.717) is 13.0 Å². The Morgan fingerprint density at radius 3 is 3.00 bits per heavy atom. The van der Waals surface area contributed by atoms with Gasteiger partial charge in [-0.3, -0.25) is 9.63 Å². The molecule has 20 heavy (non-hydrogen) atoms. The summed E-state index contributed by atoms with van der Waals surface area (Å²) in [5.74, 6) is -0.0953. The molecule has 0 aromatic carbocycles. The Morgan fingerprint density at radius 1 is 1.60 bits per heavy atom. The van der Waals surface area contributed by atoms with Gasteiger partial charge in [-0.2, -0.15) is 5.06 Å². The topological polar surface area (TPSA) is 71.4 Å². The van der Waals surface area contributed by atoms with Gasteiger partial charge in [-0.05, 0) is 13.8 Å². The minimum atomic E-state index is -0.259. The highest BCUT2D eigenvalue weighted by Gasteiger charge is 2.48. The lowest BCUT2D eigenvalue weighted by Crippen LogP contribution is -2.43. The normalized spacial score (nSPS) is 27.1. The van der Waals surface area contributed by atoms with Crippen LogP contribution in [-0.4, -0.2) is 59.3 Å². The summed E-state index contributed by atoms with van der Waals surface area (Å²) < 4.78 is 0. The summed E-state index contributed by atoms with van der Waals surface area (Å²) in [6.45, 7) is 7.67. The van der Waals surface area contributed by atoms with Crippen LogP contribution in [0.1, 0.15) is 20.3 Å². The van der Waals surface area contributed by atoms with E-state index in [0.717, 1.165) is 5.71 Å². The molecule has 0 N–H and O–H groups in total. The summed E-state index contributed by atoms with van der Waals surface area (Å²) in [5, 5.41) is 5.34. The zero-order chi connectivity index (χ0) is 14.7. The second-order valence-corrected chi connectivity index (χ2v) is 4.97. The van der Waals surface area contributed by atoms with Crippen LogP contribution in [0.4, 0.5) is 4.79 Å². The van der Waals surface area contributed by atoms with E-state index >= 15 is 0 Å². The van der Waals surface area contributed by atoms with Crippen LogP contribution >= 0.6 is 0 Å². The molecule has 2 heterocycles. The Hall–Kier alpha value is -1.89. The number of oxime groups is 1. The van der Waals surface area contributed by atoms with E-state index in [-0.39, 0.29) is 37.1 Å². The van der Waals surface area contributed by atoms with Crippen LogP contribution in [0.5, 0.6) is 0 Å². The monoisotopic (exact) mass is 281 g/mol. The number of urea groups is 1. The predicted octanol–water partition coefficient (Wildman–Crippen LogP) is 0.964. The molecule has 0 aliphatic carbocycles. The second-order valence-electron chi connectivity index (χ2n) is 4.97. The summed E-state index contributed by atoms with van der Waals surface area (Å²) in [7, 11) is 0. The standard InChI is InChI=1S/C13H19N3O4/c1-4-5-20-16-12-7-15(13(16)18)9(2)6-11(12)14-19-8-10(3)17/h4,9,12H,1,5-8H2,2-3H3/b14-11-/t9-,12+/m1/s1. The van der Waals surface area contributed by atoms with Crippen molar-refractivity contribution in [1.82, 2.24) is 9.96 Å². The first-order valence-electron chi connectivity index (χ1n) is 6.56. The highest BCUT2D eigenvalue weighted by atomic mass is 16.7. The minimum absolute atomic E-state index is 0.0377. The molecule has 2 bridgehead atoms. The zero-order valence-electron chi connectivity index (χ0n) is 11.7. The number of fused-ring (bicyclic) bond motifs is 2. The average molecular weight is 281 g/mol. The van der Waals surface area contributed by atoms with Crippen LogP contribution in [0.2, 0.25) is 0 Å². The highest BCUT2D eigenvalue weighted by molar-refractivity contribution is 5.97. The molecule has 2 rings (SSSR count). The van der Waals surface area contributed by atoms with E-state index in [1.165, 1.54) is 12.0 Å². The molecule has 2 aliphatic rings. The smallest absolute Gasteiger partial charge is 0.344 e. The van der Waals surface area contributed by atoms with Crippen molar-refractivity contribution in [2.75, 3.05) is 19.8 Å². The van der Waals surface area contributed by atoms with Gasteiger partial charge in [-0.15, -0.1) is 6.58 Å². The molecule has 0 spiro atoms. The van der Waals surface area contributed by atoms with Crippen LogP contribution in [0.3, 0.4) is 0 Å². The van der Waals surface area contributed by atoms with Gasteiger partial charge in [0.2, 0.25) is 0 Å². The first-order valence-corrected chi connectivity index (χ1v) is 6.56. The van der Waals surface area contributed by atoms with Crippen molar-refractivity contribution in [2.45, 2.75) is 32.4 Å². The predicted molar refractivity (Wildman–Crippen MR) is 72.0 cm³/mol. The third-order valence-electron chi connectivity index (χ3n) is 3.29. The molecule has 2 saturated heterocycles. The first-order chi connectivity index (χ1) is 9.54. The van der Waals surface area contributed by atoms with Crippen molar-refractivity contribution < 1.29 is 19.3 Å². The fourth-order valence-electron chi connectivity index (χ4n) is 2.34. The Kier molecular flexibility index (Phi) is 4.39. The van der Waals surface area contributed by atoms with Crippen molar-refractivity contribution in [2.24, 2.45) is 5.16 Å². The van der Waals surface area contributed by atoms with Crippen molar-refractivity contribution in [1.29, 1.82) is 0 Å². The van der Waals surface area contributed by atoms with Crippen LogP contribution < -0.4 is 0 Å². The third kappa shape index (κ3) is 2.82. The largest absolute Gasteiger partial charge is 0.388 e. The molecule has 2 amide bonds. The van der Waals surface area contributed by atoms with Crippen LogP contribution in [-0.2, 0) is 14.5 Å². The van der Waals surface area contributed by atoms with Crippen molar-refractivity contribution in [3.63, 3.8) is 0 Å². The molecule has 110 valence electrons. The van der Waals surface area contributed by atoms with Crippen molar-refractivity contribution in [3.05, 3.63) is 12.7 Å². The third-order valence-corrected chi connectivity index (χ3v) is 3.29. The molecular weight excluding hydrogens is 262 g/mol. The number of piperidine rings is 1. The highest BCUT2D eigenvalue weighted by Crippen LogP contribution is 2.28. The van der Waals surface area contributed by atoms with Gasteiger partial charge in [-0.25, -0.2) is 4.79 Å². The number of amides is 2. The van der Waals surface area contributed by atoms with Crippen molar-refractivity contribution in [3.8, 4) is 0 Å². The molecule has 0 radical (unpaired) electrons. The van der Waals surface area contributed by atoms with Crippen LogP contribution in [0.15, 0.2) is 17.8 Å². The van der Waals surface area contributed by atoms with Gasteiger partial charge in [-0.1, -0.05) is 11.2 Å². The van der Waals surface area contributed by atoms with Crippen LogP contribution in [0, 0.1) is 0 Å². The lowest BCUT2D eigenvalue weighted by atomic mass is 10.00. The summed E-state index contributed by atoms with van der Waals surface area (Å²) in [6, 6.07) is -0.387. The van der Waals surface area contributed by atoms with Gasteiger partial charge in [0.05, 0.1) is 18.9 Å². The molecule has 0 aromatic heterocycles. The Labute approximate surface area is 117 Å². The SMILES string of the molecule is C=CCON1C(=O)N2C[C@H]1/C(=N\OCC(C)=O)C[C@H]2C. The number of hydroxylamine groups is 2. The maximum Gasteiger partial charge on any atom is 0.344 e. The molecule has 2 atom stereocenters. The zero-order valence-corrected chi connectivity index (χ0v) is 11.7. The number of hydrogen-bond donors (Lipinski definition) is 0. The molecule has 7 nitrogen and oxygen atoms in total. The molecular formula is C13H19N3O4. The van der Waals surface area contributed by atoms with E-state index in [2.05, 4.69) is 11.7 Å². The molecule has 2 fully saturated rings. The number of hydrogen-bond acceptors (Lipinski definition) is 5. The van der Waals surface area contributed by atoms with Gasteiger partial charge in [0.15, 0.2) is 12.4 Å². The Morgan fingerprint density at radius 2 is 2.35 bits per heavy atom. The Balaban J connectivity index is 2.11. The maximum atomic E-state index is 12.2. The molecule has 2 aliphatic heterocycles. The summed E-state index contributed by atoms with van der Waals surface area (Å²) >= 11 is 0. The molecule has 7 heteroatoms. The van der Waals surface area contributed by atoms with Crippen molar-refractivity contribution >= 4 is 17.5 Å². The molecule has 0 aromatic rings. The van der Waals surface area contributed by atoms with Gasteiger partial charge in [0.1, 0.15) is 6.04 Å². The number of ketones is 1. The summed E-state index contributed by atoms with van der Waals surface area (Å²) in [6.07, 6.45) is 2.19. The lowest BCUT2D eigenvalue weighted by molar-refractivity contribution is -0.121. The average Bonchev–Trinajstić information content (AvgIpc) is 2.67. The van der Waals surface area contributed by atoms with E-state index in [9.17, 15) is 9.59 Å². The minimum Gasteiger partial charge on any atom is -0.388 e. The fraction of sp³-hybridized carbons (Fsp3) is 0.615.